The number of carbonyl (C=O) groups excluding carboxylic acids is 1. The van der Waals surface area contributed by atoms with Crippen molar-refractivity contribution in [3.05, 3.63) is 58.9 Å². The molecular formula is C21H26ClN3O2. The molecule has 1 aromatic heterocycles. The van der Waals surface area contributed by atoms with Crippen LogP contribution in [-0.4, -0.2) is 58.7 Å². The van der Waals surface area contributed by atoms with Crippen molar-refractivity contribution < 1.29 is 9.53 Å². The van der Waals surface area contributed by atoms with Crippen LogP contribution < -0.4 is 0 Å². The van der Waals surface area contributed by atoms with E-state index < -0.39 is 0 Å². The molecule has 2 aromatic rings. The highest BCUT2D eigenvalue weighted by atomic mass is 35.5. The summed E-state index contributed by atoms with van der Waals surface area (Å²) in [5.41, 5.74) is 2.38. The average molecular weight is 388 g/mol. The highest BCUT2D eigenvalue weighted by Gasteiger charge is 2.33. The van der Waals surface area contributed by atoms with E-state index in [1.54, 1.807) is 0 Å². The van der Waals surface area contributed by atoms with Crippen LogP contribution in [0.15, 0.2) is 42.6 Å². The SMILES string of the molecule is CC1CN(C(=O)CN2CCn3cccc3C2c2ccc(Cl)cc2)CC(C)O1. The minimum atomic E-state index is 0.0610. The van der Waals surface area contributed by atoms with Gasteiger partial charge < -0.3 is 14.2 Å². The van der Waals surface area contributed by atoms with Crippen LogP contribution in [0.25, 0.3) is 0 Å². The largest absolute Gasteiger partial charge is 0.372 e. The normalized spacial score (nSPS) is 26.0. The van der Waals surface area contributed by atoms with Crippen molar-refractivity contribution in [2.75, 3.05) is 26.2 Å². The van der Waals surface area contributed by atoms with E-state index in [2.05, 4.69) is 39.9 Å². The monoisotopic (exact) mass is 387 g/mol. The number of benzene rings is 1. The van der Waals surface area contributed by atoms with Gasteiger partial charge in [-0.2, -0.15) is 0 Å². The van der Waals surface area contributed by atoms with Crippen molar-refractivity contribution in [2.24, 2.45) is 0 Å². The predicted octanol–water partition coefficient (Wildman–Crippen LogP) is 3.18. The molecular weight excluding hydrogens is 362 g/mol. The number of amides is 1. The van der Waals surface area contributed by atoms with Crippen LogP contribution in [0.1, 0.15) is 31.1 Å². The summed E-state index contributed by atoms with van der Waals surface area (Å²) in [6, 6.07) is 12.3. The standard InChI is InChI=1S/C21H26ClN3O2/c1-15-12-25(13-16(2)27-15)20(26)14-24-11-10-23-9-3-4-19(23)21(24)17-5-7-18(22)8-6-17/h3-9,15-16,21H,10-14H2,1-2H3. The van der Waals surface area contributed by atoms with Gasteiger partial charge in [0.2, 0.25) is 5.91 Å². The Morgan fingerprint density at radius 3 is 2.52 bits per heavy atom. The van der Waals surface area contributed by atoms with Crippen molar-refractivity contribution in [2.45, 2.75) is 38.6 Å². The second-order valence-electron chi connectivity index (χ2n) is 7.61. The van der Waals surface area contributed by atoms with Crippen LogP contribution in [0.2, 0.25) is 5.02 Å². The van der Waals surface area contributed by atoms with E-state index in [9.17, 15) is 4.79 Å². The zero-order chi connectivity index (χ0) is 19.0. The number of fused-ring (bicyclic) bond motifs is 1. The lowest BCUT2D eigenvalue weighted by molar-refractivity contribution is -0.145. The fourth-order valence-corrected chi connectivity index (χ4v) is 4.41. The Bertz CT molecular complexity index is 794. The van der Waals surface area contributed by atoms with Crippen LogP contribution in [0, 0.1) is 0 Å². The van der Waals surface area contributed by atoms with Gasteiger partial charge in [0.05, 0.1) is 24.8 Å². The summed E-state index contributed by atoms with van der Waals surface area (Å²) in [7, 11) is 0. The molecule has 0 N–H and O–H groups in total. The van der Waals surface area contributed by atoms with E-state index >= 15 is 0 Å². The molecule has 144 valence electrons. The molecule has 1 saturated heterocycles. The lowest BCUT2D eigenvalue weighted by Crippen LogP contribution is -2.52. The number of hydrogen-bond acceptors (Lipinski definition) is 3. The van der Waals surface area contributed by atoms with Crippen LogP contribution in [0.3, 0.4) is 0 Å². The minimum absolute atomic E-state index is 0.0610. The maximum absolute atomic E-state index is 13.0. The van der Waals surface area contributed by atoms with E-state index in [1.165, 1.54) is 5.69 Å². The summed E-state index contributed by atoms with van der Waals surface area (Å²) >= 11 is 6.09. The predicted molar refractivity (Wildman–Crippen MR) is 106 cm³/mol. The molecule has 1 amide bonds. The molecule has 0 saturated carbocycles. The molecule has 1 fully saturated rings. The van der Waals surface area contributed by atoms with Gasteiger partial charge in [-0.25, -0.2) is 0 Å². The maximum Gasteiger partial charge on any atom is 0.236 e. The third kappa shape index (κ3) is 3.91. The zero-order valence-corrected chi connectivity index (χ0v) is 16.6. The molecule has 2 aliphatic heterocycles. The number of rotatable bonds is 3. The highest BCUT2D eigenvalue weighted by molar-refractivity contribution is 6.30. The first-order valence-electron chi connectivity index (χ1n) is 9.59. The Balaban J connectivity index is 1.57. The summed E-state index contributed by atoms with van der Waals surface area (Å²) in [4.78, 5) is 17.3. The Hall–Kier alpha value is -1.82. The Morgan fingerprint density at radius 2 is 1.81 bits per heavy atom. The number of aromatic nitrogens is 1. The fraction of sp³-hybridized carbons (Fsp3) is 0.476. The number of halogens is 1. The maximum atomic E-state index is 13.0. The molecule has 0 aliphatic carbocycles. The highest BCUT2D eigenvalue weighted by Crippen LogP contribution is 2.33. The number of carbonyl (C=O) groups is 1. The van der Waals surface area contributed by atoms with E-state index in [0.29, 0.717) is 19.6 Å². The summed E-state index contributed by atoms with van der Waals surface area (Å²) in [5.74, 6) is 0.177. The smallest absolute Gasteiger partial charge is 0.236 e. The quantitative estimate of drug-likeness (QED) is 0.811. The Morgan fingerprint density at radius 1 is 1.11 bits per heavy atom. The first kappa shape index (κ1) is 18.5. The van der Waals surface area contributed by atoms with Gasteiger partial charge in [0.15, 0.2) is 0 Å². The lowest BCUT2D eigenvalue weighted by atomic mass is 10.00. The molecule has 6 heteroatoms. The van der Waals surface area contributed by atoms with Gasteiger partial charge >= 0.3 is 0 Å². The summed E-state index contributed by atoms with van der Waals surface area (Å²) in [5, 5.41) is 0.726. The van der Waals surface area contributed by atoms with Gasteiger partial charge in [-0.3, -0.25) is 9.69 Å². The van der Waals surface area contributed by atoms with Crippen LogP contribution in [0.5, 0.6) is 0 Å². The van der Waals surface area contributed by atoms with Crippen LogP contribution in [-0.2, 0) is 16.1 Å². The third-order valence-electron chi connectivity index (χ3n) is 5.43. The number of hydrogen-bond donors (Lipinski definition) is 0. The molecule has 5 nitrogen and oxygen atoms in total. The molecule has 3 atom stereocenters. The first-order valence-corrected chi connectivity index (χ1v) is 9.97. The van der Waals surface area contributed by atoms with Crippen molar-refractivity contribution in [1.29, 1.82) is 0 Å². The molecule has 0 spiro atoms. The summed E-state index contributed by atoms with van der Waals surface area (Å²) < 4.78 is 8.05. The minimum Gasteiger partial charge on any atom is -0.372 e. The van der Waals surface area contributed by atoms with Crippen molar-refractivity contribution >= 4 is 17.5 Å². The second kappa shape index (κ2) is 7.66. The number of ether oxygens (including phenoxy) is 1. The van der Waals surface area contributed by atoms with E-state index in [-0.39, 0.29) is 24.2 Å². The van der Waals surface area contributed by atoms with Crippen molar-refractivity contribution in [3.8, 4) is 0 Å². The topological polar surface area (TPSA) is 37.7 Å². The lowest BCUT2D eigenvalue weighted by Gasteiger charge is -2.40. The molecule has 3 heterocycles. The average Bonchev–Trinajstić information content (AvgIpc) is 3.10. The van der Waals surface area contributed by atoms with Gasteiger partial charge in [-0.05, 0) is 43.7 Å². The van der Waals surface area contributed by atoms with Gasteiger partial charge in [-0.15, -0.1) is 0 Å². The van der Waals surface area contributed by atoms with Gasteiger partial charge in [0, 0.05) is 43.1 Å². The third-order valence-corrected chi connectivity index (χ3v) is 5.69. The molecule has 4 rings (SSSR count). The summed E-state index contributed by atoms with van der Waals surface area (Å²) in [6.07, 6.45) is 2.29. The fourth-order valence-electron chi connectivity index (χ4n) is 4.28. The number of morpholine rings is 1. The first-order chi connectivity index (χ1) is 13.0. The molecule has 0 radical (unpaired) electrons. The molecule has 27 heavy (non-hydrogen) atoms. The zero-order valence-electron chi connectivity index (χ0n) is 15.8. The van der Waals surface area contributed by atoms with E-state index in [0.717, 1.165) is 23.7 Å². The van der Waals surface area contributed by atoms with Crippen LogP contribution in [0.4, 0.5) is 0 Å². The van der Waals surface area contributed by atoms with Gasteiger partial charge in [0.25, 0.3) is 0 Å². The van der Waals surface area contributed by atoms with Crippen LogP contribution >= 0.6 is 11.6 Å². The Labute approximate surface area is 165 Å². The molecule has 0 bridgehead atoms. The summed E-state index contributed by atoms with van der Waals surface area (Å²) in [6.45, 7) is 7.54. The van der Waals surface area contributed by atoms with Gasteiger partial charge in [0.1, 0.15) is 0 Å². The molecule has 1 aromatic carbocycles. The second-order valence-corrected chi connectivity index (χ2v) is 8.04. The van der Waals surface area contributed by atoms with E-state index in [1.807, 2.05) is 30.9 Å². The molecule has 3 unspecified atom stereocenters. The van der Waals surface area contributed by atoms with E-state index in [4.69, 9.17) is 16.3 Å². The van der Waals surface area contributed by atoms with Crippen molar-refractivity contribution in [3.63, 3.8) is 0 Å². The Kier molecular flexibility index (Phi) is 5.26. The molecule has 2 aliphatic rings. The number of nitrogens with zero attached hydrogens (tertiary/aromatic N) is 3. The van der Waals surface area contributed by atoms with Gasteiger partial charge in [-0.1, -0.05) is 23.7 Å². The van der Waals surface area contributed by atoms with Crippen molar-refractivity contribution in [1.82, 2.24) is 14.4 Å².